The van der Waals surface area contributed by atoms with Crippen molar-refractivity contribution in [3.05, 3.63) is 78.1 Å². The third kappa shape index (κ3) is 5.27. The van der Waals surface area contributed by atoms with Gasteiger partial charge in [-0.25, -0.2) is 4.98 Å². The Labute approximate surface area is 203 Å². The van der Waals surface area contributed by atoms with Crippen molar-refractivity contribution in [2.45, 2.75) is 82.7 Å². The van der Waals surface area contributed by atoms with Gasteiger partial charge in [0.2, 0.25) is 5.91 Å². The van der Waals surface area contributed by atoms with Gasteiger partial charge in [-0.15, -0.1) is 0 Å². The van der Waals surface area contributed by atoms with Gasteiger partial charge >= 0.3 is 0 Å². The lowest BCUT2D eigenvalue weighted by atomic mass is 9.82. The van der Waals surface area contributed by atoms with E-state index in [9.17, 15) is 4.79 Å². The minimum Gasteiger partial charge on any atom is -0.352 e. The second-order valence-corrected chi connectivity index (χ2v) is 10.2. The Morgan fingerprint density at radius 3 is 2.32 bits per heavy atom. The van der Waals surface area contributed by atoms with Gasteiger partial charge in [0, 0.05) is 24.0 Å². The largest absolute Gasteiger partial charge is 0.352 e. The van der Waals surface area contributed by atoms with E-state index in [2.05, 4.69) is 64.5 Å². The predicted molar refractivity (Wildman–Crippen MR) is 138 cm³/mol. The van der Waals surface area contributed by atoms with Crippen molar-refractivity contribution < 1.29 is 4.79 Å². The quantitative estimate of drug-likeness (QED) is 0.430. The first kappa shape index (κ1) is 22.9. The zero-order chi connectivity index (χ0) is 23.2. The number of rotatable bonds is 7. The Morgan fingerprint density at radius 1 is 0.882 bits per heavy atom. The summed E-state index contributed by atoms with van der Waals surface area (Å²) in [6.45, 7) is 0. The Balaban J connectivity index is 1.47. The van der Waals surface area contributed by atoms with Crippen LogP contribution in [0.3, 0.4) is 0 Å². The lowest BCUT2D eigenvalue weighted by Gasteiger charge is -2.33. The molecule has 0 saturated heterocycles. The lowest BCUT2D eigenvalue weighted by Crippen LogP contribution is -2.43. The summed E-state index contributed by atoms with van der Waals surface area (Å²) in [6.07, 6.45) is 16.7. The highest BCUT2D eigenvalue weighted by molar-refractivity contribution is 5.82. The number of carbonyl (C=O) groups is 1. The average molecular weight is 456 g/mol. The topological polar surface area (TPSA) is 46.9 Å². The molecule has 4 heteroatoms. The number of benzene rings is 2. The molecule has 1 N–H and O–H groups in total. The van der Waals surface area contributed by atoms with Crippen molar-refractivity contribution in [3.63, 3.8) is 0 Å². The molecule has 1 amide bonds. The van der Waals surface area contributed by atoms with Crippen molar-refractivity contribution >= 4 is 5.91 Å². The summed E-state index contributed by atoms with van der Waals surface area (Å²) in [6, 6.07) is 19.3. The van der Waals surface area contributed by atoms with Crippen LogP contribution in [0.15, 0.2) is 67.0 Å². The molecule has 4 nitrogen and oxygen atoms in total. The van der Waals surface area contributed by atoms with Crippen LogP contribution >= 0.6 is 0 Å². The smallest absolute Gasteiger partial charge is 0.243 e. The molecule has 1 aromatic heterocycles. The maximum absolute atomic E-state index is 13.8. The minimum atomic E-state index is -0.190. The van der Waals surface area contributed by atoms with E-state index < -0.39 is 0 Å². The number of amides is 1. The van der Waals surface area contributed by atoms with Gasteiger partial charge in [-0.3, -0.25) is 4.79 Å². The van der Waals surface area contributed by atoms with E-state index in [0.29, 0.717) is 12.0 Å². The first-order chi connectivity index (χ1) is 16.8. The molecule has 34 heavy (non-hydrogen) atoms. The lowest BCUT2D eigenvalue weighted by molar-refractivity contribution is -0.127. The first-order valence-corrected chi connectivity index (χ1v) is 13.2. The molecule has 2 fully saturated rings. The molecule has 5 rings (SSSR count). The van der Waals surface area contributed by atoms with Crippen molar-refractivity contribution in [3.8, 4) is 11.4 Å². The van der Waals surface area contributed by atoms with E-state index in [1.54, 1.807) is 0 Å². The Kier molecular flexibility index (Phi) is 7.43. The summed E-state index contributed by atoms with van der Waals surface area (Å²) >= 11 is 0. The van der Waals surface area contributed by atoms with Gasteiger partial charge in [0.1, 0.15) is 11.9 Å². The molecule has 2 aliphatic carbocycles. The second kappa shape index (κ2) is 11.0. The zero-order valence-corrected chi connectivity index (χ0v) is 20.2. The maximum atomic E-state index is 13.8. The van der Waals surface area contributed by atoms with E-state index in [1.807, 2.05) is 12.4 Å². The fourth-order valence-corrected chi connectivity index (χ4v) is 6.01. The molecule has 3 aromatic rings. The molecule has 178 valence electrons. The zero-order valence-electron chi connectivity index (χ0n) is 20.2. The molecular weight excluding hydrogens is 418 g/mol. The number of carbonyl (C=O) groups excluding carboxylic acids is 1. The number of nitrogens with zero attached hydrogens (tertiary/aromatic N) is 2. The van der Waals surface area contributed by atoms with Crippen LogP contribution in [0.4, 0.5) is 0 Å². The Bertz CT molecular complexity index is 1060. The van der Waals surface area contributed by atoms with Crippen LogP contribution in [-0.4, -0.2) is 21.5 Å². The molecule has 0 spiro atoms. The number of imidazole rings is 1. The average Bonchev–Trinajstić information content (AvgIpc) is 3.35. The van der Waals surface area contributed by atoms with Crippen LogP contribution in [0, 0.1) is 5.92 Å². The number of nitrogens with one attached hydrogen (secondary N) is 1. The van der Waals surface area contributed by atoms with Crippen LogP contribution < -0.4 is 5.32 Å². The Hall–Kier alpha value is -2.88. The van der Waals surface area contributed by atoms with E-state index >= 15 is 0 Å². The number of aromatic nitrogens is 2. The van der Waals surface area contributed by atoms with Crippen LogP contribution in [0.1, 0.15) is 81.4 Å². The molecular formula is C30H37N3O. The highest BCUT2D eigenvalue weighted by Crippen LogP contribution is 2.36. The van der Waals surface area contributed by atoms with Crippen LogP contribution in [-0.2, 0) is 11.2 Å². The highest BCUT2D eigenvalue weighted by atomic mass is 16.2. The van der Waals surface area contributed by atoms with E-state index in [4.69, 9.17) is 4.98 Å². The van der Waals surface area contributed by atoms with Gasteiger partial charge in [0.25, 0.3) is 0 Å². The molecule has 1 atom stereocenters. The third-order valence-electron chi connectivity index (χ3n) is 7.78. The van der Waals surface area contributed by atoms with E-state index in [-0.39, 0.29) is 11.9 Å². The van der Waals surface area contributed by atoms with Crippen LogP contribution in [0.5, 0.6) is 0 Å². The van der Waals surface area contributed by atoms with Crippen molar-refractivity contribution in [1.82, 2.24) is 14.9 Å². The molecule has 2 saturated carbocycles. The summed E-state index contributed by atoms with van der Waals surface area (Å²) in [5.74, 6) is 1.48. The molecule has 1 heterocycles. The summed E-state index contributed by atoms with van der Waals surface area (Å²) < 4.78 is 2.19. The number of hydrogen-bond acceptors (Lipinski definition) is 2. The van der Waals surface area contributed by atoms with Gasteiger partial charge in [-0.05, 0) is 49.1 Å². The second-order valence-electron chi connectivity index (χ2n) is 10.2. The molecule has 0 aliphatic heterocycles. The van der Waals surface area contributed by atoms with Crippen molar-refractivity contribution in [2.75, 3.05) is 0 Å². The molecule has 0 bridgehead atoms. The predicted octanol–water partition coefficient (Wildman–Crippen LogP) is 6.71. The maximum Gasteiger partial charge on any atom is 0.243 e. The normalized spacial score (nSPS) is 18.5. The Morgan fingerprint density at radius 2 is 1.56 bits per heavy atom. The minimum absolute atomic E-state index is 0.190. The van der Waals surface area contributed by atoms with Gasteiger partial charge in [0.05, 0.1) is 0 Å². The highest BCUT2D eigenvalue weighted by Gasteiger charge is 2.34. The van der Waals surface area contributed by atoms with Crippen LogP contribution in [0.25, 0.3) is 11.4 Å². The summed E-state index contributed by atoms with van der Waals surface area (Å²) in [5, 5.41) is 3.45. The van der Waals surface area contributed by atoms with Gasteiger partial charge < -0.3 is 9.88 Å². The summed E-state index contributed by atoms with van der Waals surface area (Å²) in [5.41, 5.74) is 3.66. The van der Waals surface area contributed by atoms with E-state index in [0.717, 1.165) is 43.5 Å². The van der Waals surface area contributed by atoms with Crippen molar-refractivity contribution in [1.29, 1.82) is 0 Å². The molecule has 1 unspecified atom stereocenters. The fourth-order valence-electron chi connectivity index (χ4n) is 6.01. The standard InChI is InChI=1S/C30H37N3O/c34-30(32-26-17-8-3-9-18-26)28(24-14-6-2-7-15-24)33-21-20-31-29(33)27-19-11-10-16-25(27)22-23-12-4-1-5-13-23/h1,4-5,10-13,16,19-21,24,26,28H,2-3,6-9,14-15,17-18,22H2,(H,32,34). The summed E-state index contributed by atoms with van der Waals surface area (Å²) in [7, 11) is 0. The monoisotopic (exact) mass is 455 g/mol. The number of hydrogen-bond donors (Lipinski definition) is 1. The fraction of sp³-hybridized carbons (Fsp3) is 0.467. The molecule has 2 aliphatic rings. The summed E-state index contributed by atoms with van der Waals surface area (Å²) in [4.78, 5) is 18.6. The van der Waals surface area contributed by atoms with E-state index in [1.165, 1.54) is 49.7 Å². The van der Waals surface area contributed by atoms with Crippen molar-refractivity contribution in [2.24, 2.45) is 5.92 Å². The first-order valence-electron chi connectivity index (χ1n) is 13.2. The SMILES string of the molecule is O=C(NC1CCCCC1)C(C1CCCCC1)n1ccnc1-c1ccccc1Cc1ccccc1. The van der Waals surface area contributed by atoms with Gasteiger partial charge in [0.15, 0.2) is 0 Å². The van der Waals surface area contributed by atoms with Gasteiger partial charge in [-0.1, -0.05) is 93.1 Å². The molecule has 0 radical (unpaired) electrons. The van der Waals surface area contributed by atoms with Gasteiger partial charge in [-0.2, -0.15) is 0 Å². The third-order valence-corrected chi connectivity index (χ3v) is 7.78. The molecule has 2 aromatic carbocycles. The van der Waals surface area contributed by atoms with Crippen LogP contribution in [0.2, 0.25) is 0 Å².